The fourth-order valence-electron chi connectivity index (χ4n) is 2.36. The average molecular weight is 317 g/mol. The Morgan fingerprint density at radius 3 is 2.09 bits per heavy atom. The van der Waals surface area contributed by atoms with Crippen molar-refractivity contribution in [2.24, 2.45) is 4.99 Å². The maximum atomic E-state index is 12.2. The van der Waals surface area contributed by atoms with Crippen LogP contribution in [0.3, 0.4) is 0 Å². The van der Waals surface area contributed by atoms with Gasteiger partial charge >= 0.3 is 0 Å². The van der Waals surface area contributed by atoms with Crippen LogP contribution >= 0.6 is 0 Å². The lowest BCUT2D eigenvalue weighted by atomic mass is 9.92. The number of hydrogen-bond donors (Lipinski definition) is 6. The predicted molar refractivity (Wildman–Crippen MR) is 77.7 cm³/mol. The predicted octanol–water partition coefficient (Wildman–Crippen LogP) is 0.893. The molecular formula is C15H11NO7. The highest BCUT2D eigenvalue weighted by atomic mass is 16.3. The summed E-state index contributed by atoms with van der Waals surface area (Å²) in [7, 11) is 0. The van der Waals surface area contributed by atoms with Gasteiger partial charge in [0.2, 0.25) is 5.78 Å². The normalized spacial score (nSPS) is 16.8. The van der Waals surface area contributed by atoms with Gasteiger partial charge in [0.25, 0.3) is 0 Å². The number of carbonyl (C=O) groups excluding carboxylic acids is 1. The summed E-state index contributed by atoms with van der Waals surface area (Å²) in [6, 6.07) is 4.09. The SMILES string of the molecule is O=C1c2c(O)cc(O)cc2N=C(c2cc(O)c(O)c(O)c2)C1O. The van der Waals surface area contributed by atoms with E-state index in [-0.39, 0.29) is 28.3 Å². The number of phenols is 5. The molecule has 0 radical (unpaired) electrons. The quantitative estimate of drug-likeness (QED) is 0.427. The van der Waals surface area contributed by atoms with Crippen LogP contribution in [0.2, 0.25) is 0 Å². The molecule has 3 rings (SSSR count). The first-order chi connectivity index (χ1) is 10.8. The Balaban J connectivity index is 2.24. The summed E-state index contributed by atoms with van der Waals surface area (Å²) < 4.78 is 0. The zero-order valence-corrected chi connectivity index (χ0v) is 11.4. The highest BCUT2D eigenvalue weighted by Crippen LogP contribution is 2.40. The number of fused-ring (bicyclic) bond motifs is 1. The maximum absolute atomic E-state index is 12.2. The second-order valence-corrected chi connectivity index (χ2v) is 4.99. The number of aliphatic imine (C=N–C) groups is 1. The minimum absolute atomic E-state index is 0.00728. The number of Topliss-reactive ketones (excluding diaryl/α,β-unsaturated/α-hetero) is 1. The summed E-state index contributed by atoms with van der Waals surface area (Å²) >= 11 is 0. The van der Waals surface area contributed by atoms with E-state index in [9.17, 15) is 35.4 Å². The Kier molecular flexibility index (Phi) is 3.12. The summed E-state index contributed by atoms with van der Waals surface area (Å²) in [4.78, 5) is 16.2. The lowest BCUT2D eigenvalue weighted by molar-refractivity contribution is 0.0839. The van der Waals surface area contributed by atoms with Crippen molar-refractivity contribution in [3.63, 3.8) is 0 Å². The van der Waals surface area contributed by atoms with Crippen LogP contribution < -0.4 is 0 Å². The molecule has 8 nitrogen and oxygen atoms in total. The van der Waals surface area contributed by atoms with Gasteiger partial charge in [0.15, 0.2) is 23.4 Å². The minimum atomic E-state index is -1.75. The van der Waals surface area contributed by atoms with Gasteiger partial charge in [-0.15, -0.1) is 0 Å². The molecular weight excluding hydrogens is 306 g/mol. The van der Waals surface area contributed by atoms with Crippen molar-refractivity contribution < 1.29 is 35.4 Å². The van der Waals surface area contributed by atoms with Crippen molar-refractivity contribution in [3.05, 3.63) is 35.4 Å². The molecule has 0 aromatic heterocycles. The number of ketones is 1. The Labute approximate surface area is 128 Å². The van der Waals surface area contributed by atoms with Crippen LogP contribution in [0, 0.1) is 0 Å². The van der Waals surface area contributed by atoms with E-state index in [0.29, 0.717) is 0 Å². The van der Waals surface area contributed by atoms with Gasteiger partial charge in [-0.25, -0.2) is 4.99 Å². The second kappa shape index (κ2) is 4.89. The van der Waals surface area contributed by atoms with Gasteiger partial charge in [0, 0.05) is 17.7 Å². The van der Waals surface area contributed by atoms with E-state index in [1.807, 2.05) is 0 Å². The zero-order valence-electron chi connectivity index (χ0n) is 11.4. The molecule has 1 aliphatic rings. The van der Waals surface area contributed by atoms with E-state index in [2.05, 4.69) is 4.99 Å². The van der Waals surface area contributed by atoms with Crippen molar-refractivity contribution in [1.82, 2.24) is 0 Å². The molecule has 1 unspecified atom stereocenters. The van der Waals surface area contributed by atoms with E-state index < -0.39 is 34.9 Å². The molecule has 0 bridgehead atoms. The average Bonchev–Trinajstić information content (AvgIpc) is 2.47. The number of phenolic OH excluding ortho intramolecular Hbond substituents is 5. The molecule has 2 aromatic carbocycles. The zero-order chi connectivity index (χ0) is 16.9. The van der Waals surface area contributed by atoms with Crippen molar-refractivity contribution >= 4 is 17.2 Å². The number of benzene rings is 2. The van der Waals surface area contributed by atoms with Gasteiger partial charge < -0.3 is 30.6 Å². The fourth-order valence-corrected chi connectivity index (χ4v) is 2.36. The third-order valence-corrected chi connectivity index (χ3v) is 3.44. The molecule has 118 valence electrons. The summed E-state index contributed by atoms with van der Waals surface area (Å²) in [6.07, 6.45) is -1.75. The van der Waals surface area contributed by atoms with Crippen LogP contribution in [0.4, 0.5) is 5.69 Å². The van der Waals surface area contributed by atoms with Gasteiger partial charge in [-0.3, -0.25) is 4.79 Å². The van der Waals surface area contributed by atoms with E-state index in [0.717, 1.165) is 24.3 Å². The Morgan fingerprint density at radius 1 is 0.870 bits per heavy atom. The number of rotatable bonds is 1. The molecule has 8 heteroatoms. The molecule has 0 saturated carbocycles. The summed E-state index contributed by atoms with van der Waals surface area (Å²) in [6.45, 7) is 0. The van der Waals surface area contributed by atoms with Gasteiger partial charge in [-0.05, 0) is 12.1 Å². The molecule has 23 heavy (non-hydrogen) atoms. The van der Waals surface area contributed by atoms with Crippen molar-refractivity contribution in [2.45, 2.75) is 6.10 Å². The summed E-state index contributed by atoms with van der Waals surface area (Å²) in [5.74, 6) is -3.77. The highest BCUT2D eigenvalue weighted by molar-refractivity contribution is 6.26. The lowest BCUT2D eigenvalue weighted by Gasteiger charge is -2.21. The van der Waals surface area contributed by atoms with Gasteiger partial charge in [-0.2, -0.15) is 0 Å². The Bertz CT molecular complexity index is 849. The minimum Gasteiger partial charge on any atom is -0.508 e. The number of hydrogen-bond acceptors (Lipinski definition) is 8. The van der Waals surface area contributed by atoms with Crippen LogP contribution in [0.5, 0.6) is 28.7 Å². The first kappa shape index (κ1) is 14.7. The molecule has 1 atom stereocenters. The Morgan fingerprint density at radius 2 is 1.48 bits per heavy atom. The van der Waals surface area contributed by atoms with Gasteiger partial charge in [0.1, 0.15) is 11.5 Å². The summed E-state index contributed by atoms with van der Waals surface area (Å²) in [5.41, 5.74) is -0.531. The molecule has 6 N–H and O–H groups in total. The number of aliphatic hydroxyl groups excluding tert-OH is 1. The van der Waals surface area contributed by atoms with Crippen LogP contribution in [-0.4, -0.2) is 48.2 Å². The molecule has 0 spiro atoms. The van der Waals surface area contributed by atoms with Gasteiger partial charge in [0.05, 0.1) is 17.0 Å². The fraction of sp³-hybridized carbons (Fsp3) is 0.0667. The third-order valence-electron chi connectivity index (χ3n) is 3.44. The smallest absolute Gasteiger partial charge is 0.203 e. The van der Waals surface area contributed by atoms with Crippen LogP contribution in [0.1, 0.15) is 15.9 Å². The number of carbonyl (C=O) groups is 1. The molecule has 0 amide bonds. The largest absolute Gasteiger partial charge is 0.508 e. The standard InChI is InChI=1S/C15H11NO7/c17-6-3-7-11(8(18)4-6)14(22)15(23)12(16-7)5-1-9(19)13(21)10(20)2-5/h1-4,15,17-21,23H. The monoisotopic (exact) mass is 317 g/mol. The summed E-state index contributed by atoms with van der Waals surface area (Å²) in [5, 5.41) is 57.7. The maximum Gasteiger partial charge on any atom is 0.203 e. The first-order valence-corrected chi connectivity index (χ1v) is 6.41. The molecule has 0 fully saturated rings. The highest BCUT2D eigenvalue weighted by Gasteiger charge is 2.33. The van der Waals surface area contributed by atoms with Crippen LogP contribution in [0.25, 0.3) is 0 Å². The van der Waals surface area contributed by atoms with Gasteiger partial charge in [-0.1, -0.05) is 0 Å². The lowest BCUT2D eigenvalue weighted by Crippen LogP contribution is -2.33. The number of aliphatic hydroxyl groups is 1. The van der Waals surface area contributed by atoms with Crippen LogP contribution in [-0.2, 0) is 0 Å². The molecule has 0 aliphatic carbocycles. The van der Waals surface area contributed by atoms with E-state index in [1.165, 1.54) is 0 Å². The van der Waals surface area contributed by atoms with E-state index in [1.54, 1.807) is 0 Å². The topological polar surface area (TPSA) is 151 Å². The third kappa shape index (κ3) is 2.21. The van der Waals surface area contributed by atoms with E-state index >= 15 is 0 Å². The Hall–Kier alpha value is -3.26. The van der Waals surface area contributed by atoms with Crippen molar-refractivity contribution in [1.29, 1.82) is 0 Å². The number of nitrogens with zero attached hydrogens (tertiary/aromatic N) is 1. The van der Waals surface area contributed by atoms with Crippen molar-refractivity contribution in [3.8, 4) is 28.7 Å². The molecule has 0 saturated heterocycles. The molecule has 2 aromatic rings. The number of aromatic hydroxyl groups is 5. The molecule has 1 heterocycles. The van der Waals surface area contributed by atoms with E-state index in [4.69, 9.17) is 0 Å². The van der Waals surface area contributed by atoms with Crippen molar-refractivity contribution in [2.75, 3.05) is 0 Å². The first-order valence-electron chi connectivity index (χ1n) is 6.41. The second-order valence-electron chi connectivity index (χ2n) is 4.99. The van der Waals surface area contributed by atoms with Crippen LogP contribution in [0.15, 0.2) is 29.3 Å². The molecule has 1 aliphatic heterocycles.